The summed E-state index contributed by atoms with van der Waals surface area (Å²) >= 11 is 0. The van der Waals surface area contributed by atoms with E-state index in [-0.39, 0.29) is 22.9 Å². The zero-order valence-corrected chi connectivity index (χ0v) is 14.0. The summed E-state index contributed by atoms with van der Waals surface area (Å²) in [4.78, 5) is 14.8. The molecular formula is C16H22N2O4S. The molecule has 6 nitrogen and oxygen atoms in total. The number of nitrogens with one attached hydrogen (secondary N) is 1. The first-order chi connectivity index (χ1) is 11.0. The molecule has 1 aliphatic heterocycles. The van der Waals surface area contributed by atoms with Crippen molar-refractivity contribution >= 4 is 15.9 Å². The highest BCUT2D eigenvalue weighted by Gasteiger charge is 2.36. The van der Waals surface area contributed by atoms with Crippen LogP contribution in [0.25, 0.3) is 0 Å². The maximum Gasteiger partial charge on any atom is 0.254 e. The zero-order valence-electron chi connectivity index (χ0n) is 13.2. The van der Waals surface area contributed by atoms with Crippen molar-refractivity contribution < 1.29 is 17.9 Å². The van der Waals surface area contributed by atoms with E-state index in [1.165, 1.54) is 19.2 Å². The number of carbonyl (C=O) groups excluding carboxylic acids is 1. The number of hydrogen-bond acceptors (Lipinski definition) is 4. The molecule has 1 saturated heterocycles. The lowest BCUT2D eigenvalue weighted by atomic mass is 9.89. The number of amides is 1. The molecule has 0 spiro atoms. The number of sulfonamides is 1. The van der Waals surface area contributed by atoms with Crippen LogP contribution in [0.4, 0.5) is 0 Å². The number of nitrogens with zero attached hydrogens (tertiary/aromatic N) is 1. The van der Waals surface area contributed by atoms with Crippen LogP contribution in [0.15, 0.2) is 29.2 Å². The molecule has 126 valence electrons. The van der Waals surface area contributed by atoms with Crippen molar-refractivity contribution in [2.45, 2.75) is 42.7 Å². The zero-order chi connectivity index (χ0) is 16.4. The van der Waals surface area contributed by atoms with Crippen LogP contribution < -0.4 is 4.72 Å². The number of rotatable bonds is 3. The topological polar surface area (TPSA) is 75.7 Å². The second-order valence-electron chi connectivity index (χ2n) is 5.99. The molecule has 1 saturated carbocycles. The molecule has 0 radical (unpaired) electrons. The van der Waals surface area contributed by atoms with Crippen LogP contribution in [0, 0.1) is 0 Å². The molecule has 0 unspecified atom stereocenters. The van der Waals surface area contributed by atoms with Gasteiger partial charge in [0, 0.05) is 12.1 Å². The van der Waals surface area contributed by atoms with Gasteiger partial charge in [-0.25, -0.2) is 13.1 Å². The van der Waals surface area contributed by atoms with Gasteiger partial charge in [0.1, 0.15) is 0 Å². The van der Waals surface area contributed by atoms with E-state index < -0.39 is 10.0 Å². The summed E-state index contributed by atoms with van der Waals surface area (Å²) in [5.74, 6) is -0.0430. The van der Waals surface area contributed by atoms with Gasteiger partial charge in [-0.05, 0) is 44.2 Å². The lowest BCUT2D eigenvalue weighted by molar-refractivity contribution is -0.0752. The molecule has 1 N–H and O–H groups in total. The van der Waals surface area contributed by atoms with Gasteiger partial charge in [0.05, 0.1) is 23.6 Å². The van der Waals surface area contributed by atoms with E-state index >= 15 is 0 Å². The van der Waals surface area contributed by atoms with Crippen LogP contribution in [0.5, 0.6) is 0 Å². The number of carbonyl (C=O) groups is 1. The van der Waals surface area contributed by atoms with Crippen molar-refractivity contribution in [3.63, 3.8) is 0 Å². The number of morpholine rings is 1. The van der Waals surface area contributed by atoms with Gasteiger partial charge in [-0.15, -0.1) is 0 Å². The van der Waals surface area contributed by atoms with E-state index in [1.54, 1.807) is 12.1 Å². The van der Waals surface area contributed by atoms with Crippen LogP contribution in [-0.2, 0) is 14.8 Å². The highest BCUT2D eigenvalue weighted by atomic mass is 32.2. The van der Waals surface area contributed by atoms with Gasteiger partial charge in [-0.3, -0.25) is 4.79 Å². The fourth-order valence-corrected chi connectivity index (χ4v) is 4.14. The highest BCUT2D eigenvalue weighted by molar-refractivity contribution is 7.89. The summed E-state index contributed by atoms with van der Waals surface area (Å²) in [6.45, 7) is 1.16. The lowest BCUT2D eigenvalue weighted by Crippen LogP contribution is -2.54. The van der Waals surface area contributed by atoms with E-state index in [1.807, 2.05) is 4.90 Å². The molecule has 7 heteroatoms. The molecule has 1 heterocycles. The van der Waals surface area contributed by atoms with Gasteiger partial charge in [0.25, 0.3) is 5.91 Å². The molecule has 2 fully saturated rings. The first-order valence-corrected chi connectivity index (χ1v) is 9.47. The molecule has 1 aromatic carbocycles. The Bertz CT molecular complexity index is 670. The monoisotopic (exact) mass is 338 g/mol. The summed E-state index contributed by atoms with van der Waals surface area (Å²) in [5.41, 5.74) is 0.520. The van der Waals surface area contributed by atoms with E-state index in [4.69, 9.17) is 4.74 Å². The van der Waals surface area contributed by atoms with E-state index in [0.29, 0.717) is 18.7 Å². The number of hydrogen-bond donors (Lipinski definition) is 1. The molecule has 1 amide bonds. The maximum atomic E-state index is 12.8. The summed E-state index contributed by atoms with van der Waals surface area (Å²) in [6, 6.07) is 6.25. The van der Waals surface area contributed by atoms with Crippen molar-refractivity contribution in [3.05, 3.63) is 29.8 Å². The van der Waals surface area contributed by atoms with Crippen molar-refractivity contribution in [1.82, 2.24) is 9.62 Å². The second kappa shape index (κ2) is 6.59. The Balaban J connectivity index is 1.79. The summed E-state index contributed by atoms with van der Waals surface area (Å²) < 4.78 is 31.6. The summed E-state index contributed by atoms with van der Waals surface area (Å²) in [5, 5.41) is 0. The van der Waals surface area contributed by atoms with E-state index in [9.17, 15) is 13.2 Å². The predicted molar refractivity (Wildman–Crippen MR) is 85.7 cm³/mol. The van der Waals surface area contributed by atoms with Crippen molar-refractivity contribution in [2.24, 2.45) is 0 Å². The van der Waals surface area contributed by atoms with Gasteiger partial charge < -0.3 is 9.64 Å². The fourth-order valence-electron chi connectivity index (χ4n) is 3.41. The number of fused-ring (bicyclic) bond motifs is 1. The van der Waals surface area contributed by atoms with Crippen molar-refractivity contribution in [3.8, 4) is 0 Å². The third-order valence-electron chi connectivity index (χ3n) is 4.67. The highest BCUT2D eigenvalue weighted by Crippen LogP contribution is 2.29. The average molecular weight is 338 g/mol. The summed E-state index contributed by atoms with van der Waals surface area (Å²) in [6.07, 6.45) is 4.40. The van der Waals surface area contributed by atoms with Crippen molar-refractivity contribution in [2.75, 3.05) is 20.2 Å². The molecule has 2 atom stereocenters. The average Bonchev–Trinajstić information content (AvgIpc) is 2.60. The molecule has 0 bridgehead atoms. The smallest absolute Gasteiger partial charge is 0.254 e. The molecule has 0 aromatic heterocycles. The second-order valence-corrected chi connectivity index (χ2v) is 7.88. The SMILES string of the molecule is CNS(=O)(=O)c1ccc(C(=O)N2CCO[C@H]3CCCC[C@@H]32)cc1. The Hall–Kier alpha value is -1.44. The minimum absolute atomic E-state index is 0.0430. The third-order valence-corrected chi connectivity index (χ3v) is 6.10. The molecule has 2 aliphatic rings. The van der Waals surface area contributed by atoms with Gasteiger partial charge in [0.2, 0.25) is 10.0 Å². The molecule has 3 rings (SSSR count). The minimum atomic E-state index is -3.48. The maximum absolute atomic E-state index is 12.8. The Morgan fingerprint density at radius 3 is 2.61 bits per heavy atom. The van der Waals surface area contributed by atoms with E-state index in [0.717, 1.165) is 25.7 Å². The normalized spacial score (nSPS) is 25.0. The Morgan fingerprint density at radius 2 is 1.91 bits per heavy atom. The van der Waals surface area contributed by atoms with Crippen LogP contribution in [0.2, 0.25) is 0 Å². The van der Waals surface area contributed by atoms with Crippen LogP contribution in [0.1, 0.15) is 36.0 Å². The molecular weight excluding hydrogens is 316 g/mol. The standard InChI is InChI=1S/C16H22N2O4S/c1-17-23(20,21)13-8-6-12(7-9-13)16(19)18-10-11-22-15-5-3-2-4-14(15)18/h6-9,14-15,17H,2-5,10-11H2,1H3/t14-,15-/m0/s1. The van der Waals surface area contributed by atoms with Crippen LogP contribution in [-0.4, -0.2) is 51.6 Å². The quantitative estimate of drug-likeness (QED) is 0.903. The first-order valence-electron chi connectivity index (χ1n) is 7.99. The third kappa shape index (κ3) is 3.27. The largest absolute Gasteiger partial charge is 0.374 e. The van der Waals surface area contributed by atoms with Gasteiger partial charge in [-0.2, -0.15) is 0 Å². The predicted octanol–water partition coefficient (Wildman–Crippen LogP) is 1.38. The fraction of sp³-hybridized carbons (Fsp3) is 0.562. The Kier molecular flexibility index (Phi) is 4.70. The molecule has 23 heavy (non-hydrogen) atoms. The lowest BCUT2D eigenvalue weighted by Gasteiger charge is -2.43. The van der Waals surface area contributed by atoms with Crippen molar-refractivity contribution in [1.29, 1.82) is 0 Å². The first kappa shape index (κ1) is 16.4. The van der Waals surface area contributed by atoms with Gasteiger partial charge >= 0.3 is 0 Å². The van der Waals surface area contributed by atoms with Crippen LogP contribution >= 0.6 is 0 Å². The van der Waals surface area contributed by atoms with Crippen LogP contribution in [0.3, 0.4) is 0 Å². The van der Waals surface area contributed by atoms with Gasteiger partial charge in [0.15, 0.2) is 0 Å². The minimum Gasteiger partial charge on any atom is -0.374 e. The number of ether oxygens (including phenoxy) is 1. The number of benzene rings is 1. The summed E-state index contributed by atoms with van der Waals surface area (Å²) in [7, 11) is -2.11. The van der Waals surface area contributed by atoms with Gasteiger partial charge in [-0.1, -0.05) is 12.8 Å². The Labute approximate surface area is 136 Å². The molecule has 1 aromatic rings. The Morgan fingerprint density at radius 1 is 1.22 bits per heavy atom. The molecule has 1 aliphatic carbocycles. The van der Waals surface area contributed by atoms with E-state index in [2.05, 4.69) is 4.72 Å².